The van der Waals surface area contributed by atoms with E-state index >= 15 is 0 Å². The number of rotatable bonds is 8. The van der Waals surface area contributed by atoms with Crippen LogP contribution in [0.25, 0.3) is 0 Å². The Hall–Kier alpha value is -3.31. The van der Waals surface area contributed by atoms with Crippen LogP contribution in [0.2, 0.25) is 0 Å². The van der Waals surface area contributed by atoms with Crippen molar-refractivity contribution in [2.75, 3.05) is 25.0 Å². The molecule has 2 aromatic rings. The lowest BCUT2D eigenvalue weighted by atomic mass is 9.94. The predicted molar refractivity (Wildman–Crippen MR) is 127 cm³/mol. The lowest BCUT2D eigenvalue weighted by Gasteiger charge is -2.34. The van der Waals surface area contributed by atoms with Gasteiger partial charge < -0.3 is 10.6 Å². The van der Waals surface area contributed by atoms with Crippen LogP contribution >= 0.6 is 0 Å². The number of nitrogens with one attached hydrogen (secondary N) is 2. The van der Waals surface area contributed by atoms with Crippen molar-refractivity contribution in [3.8, 4) is 0 Å². The van der Waals surface area contributed by atoms with Crippen LogP contribution in [0.3, 0.4) is 0 Å². The van der Waals surface area contributed by atoms with Crippen molar-refractivity contribution in [3.05, 3.63) is 64.2 Å². The summed E-state index contributed by atoms with van der Waals surface area (Å²) in [5.41, 5.74) is 0.584. The minimum atomic E-state index is -3.59. The molecule has 2 N–H and O–H groups in total. The number of nitro benzene ring substituents is 1. The second kappa shape index (κ2) is 10.7. The maximum absolute atomic E-state index is 13.0. The molecule has 0 spiro atoms. The van der Waals surface area contributed by atoms with Gasteiger partial charge in [-0.15, -0.1) is 0 Å². The van der Waals surface area contributed by atoms with Crippen molar-refractivity contribution in [2.24, 2.45) is 11.8 Å². The first-order valence-corrected chi connectivity index (χ1v) is 12.4. The van der Waals surface area contributed by atoms with E-state index in [0.717, 1.165) is 6.42 Å². The van der Waals surface area contributed by atoms with Crippen LogP contribution in [-0.4, -0.2) is 49.1 Å². The smallest absolute Gasteiger partial charge is 0.269 e. The second-order valence-electron chi connectivity index (χ2n) is 8.65. The average molecular weight is 489 g/mol. The van der Waals surface area contributed by atoms with Gasteiger partial charge in [0.15, 0.2) is 0 Å². The van der Waals surface area contributed by atoms with E-state index in [2.05, 4.69) is 10.6 Å². The highest BCUT2D eigenvalue weighted by Gasteiger charge is 2.31. The van der Waals surface area contributed by atoms with Crippen molar-refractivity contribution in [3.63, 3.8) is 0 Å². The van der Waals surface area contributed by atoms with Crippen LogP contribution in [0.5, 0.6) is 0 Å². The molecular weight excluding hydrogens is 460 g/mol. The first-order valence-electron chi connectivity index (χ1n) is 11.0. The third-order valence-electron chi connectivity index (χ3n) is 5.59. The number of hydrogen-bond acceptors (Lipinski definition) is 6. The van der Waals surface area contributed by atoms with Crippen LogP contribution in [0.4, 0.5) is 11.4 Å². The Morgan fingerprint density at radius 1 is 1.03 bits per heavy atom. The molecule has 1 heterocycles. The van der Waals surface area contributed by atoms with Crippen LogP contribution in [0.15, 0.2) is 53.4 Å². The van der Waals surface area contributed by atoms with E-state index < -0.39 is 20.9 Å². The molecular formula is C23H28N4O6S. The summed E-state index contributed by atoms with van der Waals surface area (Å²) in [5, 5.41) is 15.9. The summed E-state index contributed by atoms with van der Waals surface area (Å²) in [6, 6.07) is 11.2. The lowest BCUT2D eigenvalue weighted by Crippen LogP contribution is -2.42. The molecule has 0 bridgehead atoms. The zero-order valence-electron chi connectivity index (χ0n) is 19.1. The number of sulfonamides is 1. The van der Waals surface area contributed by atoms with Crippen molar-refractivity contribution >= 4 is 33.2 Å². The molecule has 0 radical (unpaired) electrons. The molecule has 1 saturated heterocycles. The summed E-state index contributed by atoms with van der Waals surface area (Å²) >= 11 is 0. The Balaban J connectivity index is 1.50. The maximum Gasteiger partial charge on any atom is 0.269 e. The van der Waals surface area contributed by atoms with Gasteiger partial charge in [0.1, 0.15) is 0 Å². The fraction of sp³-hybridized carbons (Fsp3) is 0.391. The highest BCUT2D eigenvalue weighted by atomic mass is 32.2. The van der Waals surface area contributed by atoms with Gasteiger partial charge in [0.2, 0.25) is 15.9 Å². The Bertz CT molecular complexity index is 1140. The van der Waals surface area contributed by atoms with Crippen molar-refractivity contribution in [1.29, 1.82) is 0 Å². The van der Waals surface area contributed by atoms with Gasteiger partial charge in [0, 0.05) is 49.4 Å². The Kier molecular flexibility index (Phi) is 8.00. The molecule has 3 rings (SSSR count). The van der Waals surface area contributed by atoms with Crippen LogP contribution in [-0.2, 0) is 14.8 Å². The fourth-order valence-corrected chi connectivity index (χ4v) is 5.69. The maximum atomic E-state index is 13.0. The number of hydrogen-bond donors (Lipinski definition) is 2. The summed E-state index contributed by atoms with van der Waals surface area (Å²) in [5.74, 6) is -0.187. The highest BCUT2D eigenvalue weighted by Crippen LogP contribution is 2.27. The van der Waals surface area contributed by atoms with E-state index in [-0.39, 0.29) is 35.0 Å². The number of benzene rings is 2. The molecule has 10 nitrogen and oxygen atoms in total. The molecule has 1 aliphatic rings. The number of anilines is 1. The Labute approximate surface area is 198 Å². The van der Waals surface area contributed by atoms with Gasteiger partial charge >= 0.3 is 0 Å². The molecule has 1 fully saturated rings. The zero-order valence-corrected chi connectivity index (χ0v) is 19.9. The summed E-state index contributed by atoms with van der Waals surface area (Å²) in [6.45, 7) is 5.16. The molecule has 0 saturated carbocycles. The number of amides is 2. The molecule has 0 unspecified atom stereocenters. The van der Waals surface area contributed by atoms with E-state index in [1.54, 1.807) is 0 Å². The predicted octanol–water partition coefficient (Wildman–Crippen LogP) is 3.02. The summed E-state index contributed by atoms with van der Waals surface area (Å²) < 4.78 is 27.4. The number of non-ortho nitro benzene ring substituents is 1. The third kappa shape index (κ3) is 6.39. The normalized spacial score (nSPS) is 18.8. The second-order valence-corrected chi connectivity index (χ2v) is 10.6. The fourth-order valence-electron chi connectivity index (χ4n) is 4.01. The molecule has 34 heavy (non-hydrogen) atoms. The molecule has 0 aliphatic carbocycles. The van der Waals surface area contributed by atoms with Crippen molar-refractivity contribution < 1.29 is 22.9 Å². The van der Waals surface area contributed by atoms with E-state index in [1.807, 2.05) is 13.8 Å². The first kappa shape index (κ1) is 25.3. The molecule has 2 atom stereocenters. The topological polar surface area (TPSA) is 139 Å². The van der Waals surface area contributed by atoms with E-state index in [1.165, 1.54) is 52.8 Å². The zero-order chi connectivity index (χ0) is 24.9. The van der Waals surface area contributed by atoms with Gasteiger partial charge in [0.25, 0.3) is 11.6 Å². The van der Waals surface area contributed by atoms with E-state index in [4.69, 9.17) is 0 Å². The summed E-state index contributed by atoms with van der Waals surface area (Å²) in [7, 11) is -3.59. The third-order valence-corrected chi connectivity index (χ3v) is 7.43. The molecule has 1 aliphatic heterocycles. The van der Waals surface area contributed by atoms with Gasteiger partial charge in [-0.05, 0) is 54.7 Å². The molecule has 2 amide bonds. The van der Waals surface area contributed by atoms with E-state index in [0.29, 0.717) is 30.6 Å². The van der Waals surface area contributed by atoms with Crippen molar-refractivity contribution in [2.45, 2.75) is 31.6 Å². The number of nitro groups is 1. The van der Waals surface area contributed by atoms with E-state index in [9.17, 15) is 28.1 Å². The van der Waals surface area contributed by atoms with Crippen LogP contribution in [0, 0.1) is 22.0 Å². The summed E-state index contributed by atoms with van der Waals surface area (Å²) in [6.07, 6.45) is 1.01. The first-order chi connectivity index (χ1) is 16.1. The standard InChI is InChI=1S/C23H28N4O6S/c1-16-13-17(2)15-26(14-16)34(32,33)21-9-5-19(6-10-21)25-22(28)11-12-24-23(29)18-3-7-20(8-4-18)27(30)31/h3-10,16-17H,11-15H2,1-2H3,(H,24,29)(H,25,28)/t16-,17-/m1/s1. The average Bonchev–Trinajstić information content (AvgIpc) is 2.78. The Morgan fingerprint density at radius 3 is 2.18 bits per heavy atom. The quantitative estimate of drug-likeness (QED) is 0.433. The number of nitrogens with zero attached hydrogens (tertiary/aromatic N) is 2. The summed E-state index contributed by atoms with van der Waals surface area (Å²) in [4.78, 5) is 34.6. The molecule has 0 aromatic heterocycles. The molecule has 2 aromatic carbocycles. The molecule has 182 valence electrons. The van der Waals surface area contributed by atoms with Gasteiger partial charge in [-0.1, -0.05) is 13.8 Å². The largest absolute Gasteiger partial charge is 0.352 e. The number of carbonyl (C=O) groups is 2. The van der Waals surface area contributed by atoms with Crippen molar-refractivity contribution in [1.82, 2.24) is 9.62 Å². The monoisotopic (exact) mass is 488 g/mol. The van der Waals surface area contributed by atoms with Crippen LogP contribution in [0.1, 0.15) is 37.0 Å². The lowest BCUT2D eigenvalue weighted by molar-refractivity contribution is -0.384. The number of carbonyl (C=O) groups excluding carboxylic acids is 2. The minimum absolute atomic E-state index is 0.00231. The highest BCUT2D eigenvalue weighted by molar-refractivity contribution is 7.89. The molecule has 11 heteroatoms. The van der Waals surface area contributed by atoms with Gasteiger partial charge in [-0.2, -0.15) is 4.31 Å². The minimum Gasteiger partial charge on any atom is -0.352 e. The van der Waals surface area contributed by atoms with Crippen LogP contribution < -0.4 is 10.6 Å². The van der Waals surface area contributed by atoms with Gasteiger partial charge in [-0.25, -0.2) is 8.42 Å². The number of piperidine rings is 1. The van der Waals surface area contributed by atoms with Gasteiger partial charge in [-0.3, -0.25) is 19.7 Å². The van der Waals surface area contributed by atoms with Gasteiger partial charge in [0.05, 0.1) is 9.82 Å². The SMILES string of the molecule is C[C@@H]1C[C@@H](C)CN(S(=O)(=O)c2ccc(NC(=O)CCNC(=O)c3ccc([N+](=O)[O-])cc3)cc2)C1. The Morgan fingerprint density at radius 2 is 1.62 bits per heavy atom.